The van der Waals surface area contributed by atoms with Gasteiger partial charge in [0.05, 0.1) is 0 Å². The minimum Gasteiger partial charge on any atom is -0.337 e. The lowest BCUT2D eigenvalue weighted by Gasteiger charge is -2.42. The van der Waals surface area contributed by atoms with Crippen LogP contribution in [0.1, 0.15) is 49.7 Å². The molecule has 2 atom stereocenters. The summed E-state index contributed by atoms with van der Waals surface area (Å²) in [6.07, 6.45) is 9.42. The van der Waals surface area contributed by atoms with E-state index in [9.17, 15) is 0 Å². The van der Waals surface area contributed by atoms with E-state index in [1.54, 1.807) is 0 Å². The maximum Gasteiger partial charge on any atom is 0.171 e. The molecular formula is C20H30N2O2. The fraction of sp³-hybridized carbons (Fsp3) is 0.700. The molecule has 1 aliphatic carbocycles. The van der Waals surface area contributed by atoms with Gasteiger partial charge in [0.25, 0.3) is 0 Å². The summed E-state index contributed by atoms with van der Waals surface area (Å²) in [7, 11) is 2.33. The van der Waals surface area contributed by atoms with Gasteiger partial charge in [-0.1, -0.05) is 25.0 Å². The standard InChI is InChI=1S/C20H30N2O2/c1-21(13-10-16-8-9-17-15-23-24-20(17)14-16)18-6-2-3-7-19(18)22-11-4-5-12-22/h8-9,14,18-19H,2-7,10-13,15H2,1H3/t18-,19+/m0/s1. The van der Waals surface area contributed by atoms with E-state index in [2.05, 4.69) is 35.0 Å². The third-order valence-electron chi connectivity index (χ3n) is 6.12. The van der Waals surface area contributed by atoms with Crippen LogP contribution in [0.4, 0.5) is 0 Å². The fourth-order valence-corrected chi connectivity index (χ4v) is 4.68. The van der Waals surface area contributed by atoms with Gasteiger partial charge in [-0.3, -0.25) is 4.90 Å². The summed E-state index contributed by atoms with van der Waals surface area (Å²) in [6.45, 7) is 4.33. The van der Waals surface area contributed by atoms with Crippen molar-refractivity contribution in [1.82, 2.24) is 9.80 Å². The average molecular weight is 330 g/mol. The Kier molecular flexibility index (Phi) is 5.06. The number of rotatable bonds is 5. The molecule has 3 aliphatic rings. The van der Waals surface area contributed by atoms with E-state index in [0.29, 0.717) is 6.61 Å². The minimum atomic E-state index is 0.578. The minimum absolute atomic E-state index is 0.578. The Balaban J connectivity index is 1.36. The van der Waals surface area contributed by atoms with Gasteiger partial charge in [-0.2, -0.15) is 4.89 Å². The molecule has 1 aromatic carbocycles. The fourth-order valence-electron chi connectivity index (χ4n) is 4.68. The predicted octanol–water partition coefficient (Wildman–Crippen LogP) is 3.39. The van der Waals surface area contributed by atoms with Crippen molar-refractivity contribution in [1.29, 1.82) is 0 Å². The summed E-state index contributed by atoms with van der Waals surface area (Å²) in [5.41, 5.74) is 2.51. The molecule has 2 heterocycles. The van der Waals surface area contributed by atoms with Crippen molar-refractivity contribution in [2.24, 2.45) is 0 Å². The SMILES string of the molecule is CN(CCc1ccc2c(c1)OOC2)[C@H]1CCCC[C@H]1N1CCCC1. The molecule has 2 fully saturated rings. The number of nitrogens with zero attached hydrogens (tertiary/aromatic N) is 2. The molecular weight excluding hydrogens is 300 g/mol. The third kappa shape index (κ3) is 3.46. The molecule has 0 spiro atoms. The van der Waals surface area contributed by atoms with E-state index in [4.69, 9.17) is 9.78 Å². The van der Waals surface area contributed by atoms with Crippen molar-refractivity contribution in [3.63, 3.8) is 0 Å². The number of likely N-dealkylation sites (tertiary alicyclic amines) is 1. The van der Waals surface area contributed by atoms with Gasteiger partial charge in [0.2, 0.25) is 0 Å². The number of benzene rings is 1. The van der Waals surface area contributed by atoms with Crippen LogP contribution in [-0.4, -0.2) is 48.6 Å². The van der Waals surface area contributed by atoms with E-state index in [0.717, 1.165) is 36.4 Å². The lowest BCUT2D eigenvalue weighted by molar-refractivity contribution is -0.194. The third-order valence-corrected chi connectivity index (χ3v) is 6.12. The van der Waals surface area contributed by atoms with Crippen molar-refractivity contribution < 1.29 is 9.78 Å². The molecule has 0 N–H and O–H groups in total. The second-order valence-electron chi connectivity index (χ2n) is 7.68. The first kappa shape index (κ1) is 16.4. The van der Waals surface area contributed by atoms with Crippen molar-refractivity contribution in [2.45, 2.75) is 63.6 Å². The highest BCUT2D eigenvalue weighted by atomic mass is 17.2. The van der Waals surface area contributed by atoms with E-state index >= 15 is 0 Å². The molecule has 4 heteroatoms. The Morgan fingerprint density at radius 2 is 1.96 bits per heavy atom. The molecule has 0 amide bonds. The molecule has 4 rings (SSSR count). The summed E-state index contributed by atoms with van der Waals surface area (Å²) in [5, 5.41) is 0. The molecule has 1 saturated carbocycles. The Hall–Kier alpha value is -1.10. The van der Waals surface area contributed by atoms with Crippen molar-refractivity contribution in [3.8, 4) is 5.75 Å². The van der Waals surface area contributed by atoms with Crippen LogP contribution in [0.5, 0.6) is 5.75 Å². The zero-order chi connectivity index (χ0) is 16.4. The van der Waals surface area contributed by atoms with E-state index in [-0.39, 0.29) is 0 Å². The molecule has 0 radical (unpaired) electrons. The van der Waals surface area contributed by atoms with Crippen LogP contribution in [0.15, 0.2) is 18.2 Å². The second kappa shape index (κ2) is 7.42. The highest BCUT2D eigenvalue weighted by Crippen LogP contribution is 2.30. The highest BCUT2D eigenvalue weighted by Gasteiger charge is 2.33. The molecule has 1 saturated heterocycles. The van der Waals surface area contributed by atoms with Gasteiger partial charge < -0.3 is 9.79 Å². The molecule has 24 heavy (non-hydrogen) atoms. The number of likely N-dealkylation sites (N-methyl/N-ethyl adjacent to an activating group) is 1. The molecule has 132 valence electrons. The van der Waals surface area contributed by atoms with Crippen molar-refractivity contribution >= 4 is 0 Å². The summed E-state index contributed by atoms with van der Waals surface area (Å²) < 4.78 is 0. The summed E-state index contributed by atoms with van der Waals surface area (Å²) in [6, 6.07) is 8.03. The van der Waals surface area contributed by atoms with Crippen LogP contribution in [0.25, 0.3) is 0 Å². The maximum absolute atomic E-state index is 5.23. The lowest BCUT2D eigenvalue weighted by atomic mass is 9.88. The summed E-state index contributed by atoms with van der Waals surface area (Å²) >= 11 is 0. The Morgan fingerprint density at radius 1 is 1.12 bits per heavy atom. The Bertz CT molecular complexity index is 557. The summed E-state index contributed by atoms with van der Waals surface area (Å²) in [5.74, 6) is 0.905. The van der Waals surface area contributed by atoms with Crippen molar-refractivity contribution in [3.05, 3.63) is 29.3 Å². The molecule has 2 aliphatic heterocycles. The Morgan fingerprint density at radius 3 is 2.83 bits per heavy atom. The average Bonchev–Trinajstić information content (AvgIpc) is 3.30. The van der Waals surface area contributed by atoms with Crippen LogP contribution < -0.4 is 4.89 Å². The smallest absolute Gasteiger partial charge is 0.171 e. The predicted molar refractivity (Wildman–Crippen MR) is 95.0 cm³/mol. The van der Waals surface area contributed by atoms with Gasteiger partial charge in [-0.05, 0) is 63.9 Å². The highest BCUT2D eigenvalue weighted by molar-refractivity contribution is 5.38. The molecule has 0 aromatic heterocycles. The zero-order valence-corrected chi connectivity index (χ0v) is 14.9. The quantitative estimate of drug-likeness (QED) is 0.773. The van der Waals surface area contributed by atoms with Crippen LogP contribution in [0.2, 0.25) is 0 Å². The van der Waals surface area contributed by atoms with E-state index < -0.39 is 0 Å². The van der Waals surface area contributed by atoms with E-state index in [1.807, 2.05) is 0 Å². The van der Waals surface area contributed by atoms with Crippen molar-refractivity contribution in [2.75, 3.05) is 26.7 Å². The topological polar surface area (TPSA) is 24.9 Å². The molecule has 1 aromatic rings. The van der Waals surface area contributed by atoms with Crippen LogP contribution in [0.3, 0.4) is 0 Å². The van der Waals surface area contributed by atoms with Gasteiger partial charge in [0.15, 0.2) is 5.75 Å². The number of hydrogen-bond donors (Lipinski definition) is 0. The second-order valence-corrected chi connectivity index (χ2v) is 7.68. The van der Waals surface area contributed by atoms with Gasteiger partial charge >= 0.3 is 0 Å². The van der Waals surface area contributed by atoms with Crippen LogP contribution in [-0.2, 0) is 17.9 Å². The largest absolute Gasteiger partial charge is 0.337 e. The van der Waals surface area contributed by atoms with Crippen LogP contribution >= 0.6 is 0 Å². The van der Waals surface area contributed by atoms with Gasteiger partial charge in [-0.25, -0.2) is 0 Å². The maximum atomic E-state index is 5.23. The molecule has 0 bridgehead atoms. The van der Waals surface area contributed by atoms with Gasteiger partial charge in [-0.15, -0.1) is 0 Å². The zero-order valence-electron chi connectivity index (χ0n) is 14.9. The number of fused-ring (bicyclic) bond motifs is 1. The van der Waals surface area contributed by atoms with Gasteiger partial charge in [0, 0.05) is 24.2 Å². The first-order valence-electron chi connectivity index (χ1n) is 9.67. The first-order chi connectivity index (χ1) is 11.8. The van der Waals surface area contributed by atoms with Gasteiger partial charge in [0.1, 0.15) is 6.61 Å². The number of hydrogen-bond acceptors (Lipinski definition) is 4. The molecule has 4 nitrogen and oxygen atoms in total. The molecule has 0 unspecified atom stereocenters. The first-order valence-corrected chi connectivity index (χ1v) is 9.67. The van der Waals surface area contributed by atoms with E-state index in [1.165, 1.54) is 57.2 Å². The monoisotopic (exact) mass is 330 g/mol. The normalized spacial score (nSPS) is 27.4. The lowest BCUT2D eigenvalue weighted by Crippen LogP contribution is -2.51. The Labute approximate surface area is 145 Å². The van der Waals surface area contributed by atoms with Crippen LogP contribution in [0, 0.1) is 0 Å². The summed E-state index contributed by atoms with van der Waals surface area (Å²) in [4.78, 5) is 15.7.